The van der Waals surface area contributed by atoms with Crippen molar-refractivity contribution in [3.63, 3.8) is 0 Å². The molecular weight excluding hydrogens is 426 g/mol. The highest BCUT2D eigenvalue weighted by atomic mass is 32.2. The first-order valence-corrected chi connectivity index (χ1v) is 12.1. The number of ketones is 1. The predicted octanol–water partition coefficient (Wildman–Crippen LogP) is 4.18. The van der Waals surface area contributed by atoms with Crippen molar-refractivity contribution in [1.29, 1.82) is 0 Å². The number of hydrogen-bond acceptors (Lipinski definition) is 5. The molecule has 3 aromatic rings. The molecule has 1 heterocycles. The van der Waals surface area contributed by atoms with Gasteiger partial charge in [0.15, 0.2) is 6.10 Å². The van der Waals surface area contributed by atoms with Crippen LogP contribution in [-0.2, 0) is 21.2 Å². The third-order valence-electron chi connectivity index (χ3n) is 5.45. The van der Waals surface area contributed by atoms with Crippen LogP contribution < -0.4 is 4.31 Å². The van der Waals surface area contributed by atoms with Gasteiger partial charge in [-0.3, -0.25) is 9.10 Å². The monoisotopic (exact) mass is 449 g/mol. The molecule has 2 atom stereocenters. The number of Topliss-reactive ketones (excluding diaryl/α,β-unsaturated/α-hetero) is 1. The molecule has 32 heavy (non-hydrogen) atoms. The van der Waals surface area contributed by atoms with Gasteiger partial charge in [0.1, 0.15) is 0 Å². The molecule has 0 N–H and O–H groups in total. The number of rotatable bonds is 6. The van der Waals surface area contributed by atoms with Crippen molar-refractivity contribution in [2.75, 3.05) is 10.6 Å². The number of ether oxygens (including phenoxy) is 1. The molecule has 0 saturated carbocycles. The molecule has 0 aliphatic carbocycles. The second kappa shape index (κ2) is 8.59. The Balaban J connectivity index is 1.64. The first-order chi connectivity index (χ1) is 15.3. The second-order valence-electron chi connectivity index (χ2n) is 7.88. The highest BCUT2D eigenvalue weighted by molar-refractivity contribution is 7.92. The van der Waals surface area contributed by atoms with Crippen molar-refractivity contribution in [2.45, 2.75) is 25.5 Å². The summed E-state index contributed by atoms with van der Waals surface area (Å²) >= 11 is 0. The largest absolute Gasteiger partial charge is 0.445 e. The lowest BCUT2D eigenvalue weighted by molar-refractivity contribution is 0.0280. The number of carbonyl (C=O) groups is 2. The minimum Gasteiger partial charge on any atom is -0.445 e. The fourth-order valence-electron chi connectivity index (χ4n) is 4.06. The van der Waals surface area contributed by atoms with E-state index in [0.717, 1.165) is 5.56 Å². The molecule has 0 aromatic heterocycles. The lowest BCUT2D eigenvalue weighted by atomic mass is 9.99. The maximum absolute atomic E-state index is 13.1. The zero-order valence-electron chi connectivity index (χ0n) is 17.8. The van der Waals surface area contributed by atoms with Crippen LogP contribution in [0.1, 0.15) is 44.9 Å². The van der Waals surface area contributed by atoms with Crippen molar-refractivity contribution in [1.82, 2.24) is 0 Å². The Labute approximate surface area is 187 Å². The highest BCUT2D eigenvalue weighted by Crippen LogP contribution is 2.35. The zero-order chi connectivity index (χ0) is 22.9. The summed E-state index contributed by atoms with van der Waals surface area (Å²) in [6.07, 6.45) is 0.570. The fourth-order valence-corrected chi connectivity index (χ4v) is 5.33. The van der Waals surface area contributed by atoms with E-state index in [9.17, 15) is 18.0 Å². The van der Waals surface area contributed by atoms with Gasteiger partial charge in [-0.2, -0.15) is 0 Å². The van der Waals surface area contributed by atoms with Gasteiger partial charge in [0.25, 0.3) is 0 Å². The van der Waals surface area contributed by atoms with Gasteiger partial charge in [0.2, 0.25) is 15.8 Å². The molecule has 164 valence electrons. The van der Waals surface area contributed by atoms with Crippen LogP contribution in [0.5, 0.6) is 0 Å². The predicted molar refractivity (Wildman–Crippen MR) is 122 cm³/mol. The number of anilines is 1. The summed E-state index contributed by atoms with van der Waals surface area (Å²) in [5.41, 5.74) is 2.61. The summed E-state index contributed by atoms with van der Waals surface area (Å²) < 4.78 is 31.3. The first-order valence-electron chi connectivity index (χ1n) is 10.2. The molecule has 3 aromatic carbocycles. The van der Waals surface area contributed by atoms with Gasteiger partial charge >= 0.3 is 5.97 Å². The molecule has 0 bridgehead atoms. The summed E-state index contributed by atoms with van der Waals surface area (Å²) in [6.45, 7) is 1.82. The number of sulfonamides is 1. The summed E-state index contributed by atoms with van der Waals surface area (Å²) in [6, 6.07) is 22.1. The summed E-state index contributed by atoms with van der Waals surface area (Å²) in [5, 5.41) is 0. The summed E-state index contributed by atoms with van der Waals surface area (Å²) in [5.74, 6) is -0.959. The molecule has 0 radical (unpaired) electrons. The third kappa shape index (κ3) is 4.29. The van der Waals surface area contributed by atoms with Crippen molar-refractivity contribution in [3.05, 3.63) is 101 Å². The Morgan fingerprint density at radius 1 is 0.938 bits per heavy atom. The Kier molecular flexibility index (Phi) is 5.84. The maximum Gasteiger partial charge on any atom is 0.339 e. The lowest BCUT2D eigenvalue weighted by Gasteiger charge is -2.22. The van der Waals surface area contributed by atoms with Gasteiger partial charge in [0.05, 0.1) is 17.5 Å². The molecule has 4 rings (SSSR count). The number of esters is 1. The Hall–Kier alpha value is -3.45. The molecular formula is C25H23NO5S. The normalized spacial score (nSPS) is 16.3. The molecule has 1 aliphatic rings. The Morgan fingerprint density at radius 3 is 2.19 bits per heavy atom. The van der Waals surface area contributed by atoms with Gasteiger partial charge in [-0.1, -0.05) is 60.7 Å². The van der Waals surface area contributed by atoms with Crippen LogP contribution >= 0.6 is 0 Å². The van der Waals surface area contributed by atoms with Gasteiger partial charge < -0.3 is 4.74 Å². The average Bonchev–Trinajstić information content (AvgIpc) is 3.13. The lowest BCUT2D eigenvalue weighted by Crippen LogP contribution is -2.34. The third-order valence-corrected chi connectivity index (χ3v) is 6.72. The van der Waals surface area contributed by atoms with Crippen LogP contribution in [0.2, 0.25) is 0 Å². The van der Waals surface area contributed by atoms with E-state index in [0.29, 0.717) is 23.2 Å². The average molecular weight is 450 g/mol. The van der Waals surface area contributed by atoms with Crippen LogP contribution in [0.25, 0.3) is 0 Å². The van der Waals surface area contributed by atoms with E-state index >= 15 is 0 Å². The van der Waals surface area contributed by atoms with E-state index in [4.69, 9.17) is 4.74 Å². The van der Waals surface area contributed by atoms with E-state index < -0.39 is 22.1 Å². The summed E-state index contributed by atoms with van der Waals surface area (Å²) in [7, 11) is -3.42. The topological polar surface area (TPSA) is 80.8 Å². The number of fused-ring (bicyclic) bond motifs is 1. The minimum atomic E-state index is -3.42. The number of carbonyl (C=O) groups excluding carboxylic acids is 2. The van der Waals surface area contributed by atoms with E-state index in [1.54, 1.807) is 60.7 Å². The van der Waals surface area contributed by atoms with Crippen LogP contribution in [0.4, 0.5) is 5.69 Å². The Bertz CT molecular complexity index is 1260. The highest BCUT2D eigenvalue weighted by Gasteiger charge is 2.33. The summed E-state index contributed by atoms with van der Waals surface area (Å²) in [4.78, 5) is 26.2. The van der Waals surface area contributed by atoms with Gasteiger partial charge in [-0.25, -0.2) is 13.2 Å². The molecule has 0 spiro atoms. The van der Waals surface area contributed by atoms with E-state index in [-0.39, 0.29) is 17.4 Å². The maximum atomic E-state index is 13.1. The van der Waals surface area contributed by atoms with Crippen LogP contribution in [0, 0.1) is 0 Å². The van der Waals surface area contributed by atoms with Crippen molar-refractivity contribution in [3.8, 4) is 0 Å². The SMILES string of the molecule is CC1Cc2cc(C(=O)OC(C(=O)c3ccccc3)c3ccccc3)ccc2N1S(C)(=O)=O. The molecule has 0 fully saturated rings. The first kappa shape index (κ1) is 21.8. The standard InChI is InChI=1S/C25H23NO5S/c1-17-15-21-16-20(13-14-22(21)26(17)32(2,29)30)25(28)31-24(19-11-7-4-8-12-19)23(27)18-9-5-3-6-10-18/h3-14,16-17,24H,15H2,1-2H3. The zero-order valence-corrected chi connectivity index (χ0v) is 18.6. The smallest absolute Gasteiger partial charge is 0.339 e. The molecule has 2 unspecified atom stereocenters. The van der Waals surface area contributed by atoms with Gasteiger partial charge in [-0.15, -0.1) is 0 Å². The minimum absolute atomic E-state index is 0.233. The van der Waals surface area contributed by atoms with Gasteiger partial charge in [0, 0.05) is 17.2 Å². The Morgan fingerprint density at radius 2 is 1.56 bits per heavy atom. The van der Waals surface area contributed by atoms with Crippen molar-refractivity contribution in [2.24, 2.45) is 0 Å². The number of hydrogen-bond donors (Lipinski definition) is 0. The van der Waals surface area contributed by atoms with Crippen molar-refractivity contribution >= 4 is 27.5 Å². The molecule has 1 aliphatic heterocycles. The quantitative estimate of drug-likeness (QED) is 0.417. The molecule has 6 nitrogen and oxygen atoms in total. The number of benzene rings is 3. The fraction of sp³-hybridized carbons (Fsp3) is 0.200. The van der Waals surface area contributed by atoms with Crippen LogP contribution in [0.3, 0.4) is 0 Å². The molecule has 0 amide bonds. The van der Waals surface area contributed by atoms with Crippen molar-refractivity contribution < 1.29 is 22.7 Å². The van der Waals surface area contributed by atoms with Gasteiger partial charge in [-0.05, 0) is 37.1 Å². The number of nitrogens with zero attached hydrogens (tertiary/aromatic N) is 1. The second-order valence-corrected chi connectivity index (χ2v) is 9.74. The van der Waals surface area contributed by atoms with E-state index in [2.05, 4.69) is 0 Å². The van der Waals surface area contributed by atoms with E-state index in [1.807, 2.05) is 19.1 Å². The molecule has 7 heteroatoms. The van der Waals surface area contributed by atoms with E-state index in [1.165, 1.54) is 16.6 Å². The van der Waals surface area contributed by atoms with Crippen LogP contribution in [-0.4, -0.2) is 32.5 Å². The van der Waals surface area contributed by atoms with Crippen LogP contribution in [0.15, 0.2) is 78.9 Å². The molecule has 0 saturated heterocycles.